The third kappa shape index (κ3) is 2.63. The quantitative estimate of drug-likeness (QED) is 0.878. The zero-order chi connectivity index (χ0) is 12.3. The third-order valence-electron chi connectivity index (χ3n) is 2.80. The summed E-state index contributed by atoms with van der Waals surface area (Å²) in [5.74, 6) is 0. The molecule has 0 unspecified atom stereocenters. The van der Waals surface area contributed by atoms with Gasteiger partial charge in [0, 0.05) is 25.1 Å². The van der Waals surface area contributed by atoms with Gasteiger partial charge < -0.3 is 10.5 Å². The predicted molar refractivity (Wildman–Crippen MR) is 69.5 cm³/mol. The Morgan fingerprint density at radius 3 is 2.71 bits per heavy atom. The van der Waals surface area contributed by atoms with Crippen molar-refractivity contribution in [3.05, 3.63) is 48.3 Å². The first-order valence-electron chi connectivity index (χ1n) is 5.54. The molecule has 0 radical (unpaired) electrons. The van der Waals surface area contributed by atoms with Crippen molar-refractivity contribution in [3.63, 3.8) is 0 Å². The van der Waals surface area contributed by atoms with Crippen molar-refractivity contribution in [2.75, 3.05) is 12.8 Å². The molecule has 3 heteroatoms. The van der Waals surface area contributed by atoms with Crippen molar-refractivity contribution >= 4 is 5.69 Å². The zero-order valence-corrected chi connectivity index (χ0v) is 10.1. The Hall–Kier alpha value is -1.87. The molecule has 2 N–H and O–H groups in total. The molecule has 1 atom stereocenters. The van der Waals surface area contributed by atoms with E-state index in [1.807, 2.05) is 31.3 Å². The molecule has 0 fully saturated rings. The molecule has 3 nitrogen and oxygen atoms in total. The summed E-state index contributed by atoms with van der Waals surface area (Å²) < 4.78 is 5.31. The lowest BCUT2D eigenvalue weighted by atomic mass is 10.0. The molecular formula is C14H16N2O. The lowest BCUT2D eigenvalue weighted by molar-refractivity contribution is 0.119. The Bertz CT molecular complexity index is 511. The average molecular weight is 228 g/mol. The summed E-state index contributed by atoms with van der Waals surface area (Å²) in [7, 11) is 1.71. The Labute approximate surface area is 101 Å². The van der Waals surface area contributed by atoms with E-state index in [4.69, 9.17) is 10.5 Å². The summed E-state index contributed by atoms with van der Waals surface area (Å²) in [5, 5.41) is 0. The van der Waals surface area contributed by atoms with Gasteiger partial charge >= 0.3 is 0 Å². The van der Waals surface area contributed by atoms with Gasteiger partial charge in [0.25, 0.3) is 0 Å². The largest absolute Gasteiger partial charge is 0.397 e. The van der Waals surface area contributed by atoms with Crippen LogP contribution in [0, 0.1) is 0 Å². The van der Waals surface area contributed by atoms with E-state index in [-0.39, 0.29) is 6.10 Å². The van der Waals surface area contributed by atoms with E-state index in [0.29, 0.717) is 5.69 Å². The zero-order valence-electron chi connectivity index (χ0n) is 10.1. The van der Waals surface area contributed by atoms with Gasteiger partial charge in [-0.1, -0.05) is 18.2 Å². The van der Waals surface area contributed by atoms with E-state index < -0.39 is 0 Å². The van der Waals surface area contributed by atoms with Crippen LogP contribution in [-0.4, -0.2) is 12.1 Å². The fraction of sp³-hybridized carbons (Fsp3) is 0.214. The fourth-order valence-electron chi connectivity index (χ4n) is 1.72. The number of nitrogen functional groups attached to an aromatic ring is 1. The van der Waals surface area contributed by atoms with Gasteiger partial charge in [0.05, 0.1) is 11.8 Å². The lowest BCUT2D eigenvalue weighted by Gasteiger charge is -2.11. The topological polar surface area (TPSA) is 48.1 Å². The standard InChI is InChI=1S/C14H16N2O/c1-10(17-2)11-4-3-5-12(6-11)13-7-14(15)9-16-8-13/h3-10H,15H2,1-2H3/t10-/m0/s1. The Morgan fingerprint density at radius 1 is 1.18 bits per heavy atom. The molecule has 0 spiro atoms. The van der Waals surface area contributed by atoms with E-state index in [1.54, 1.807) is 13.3 Å². The molecule has 0 aliphatic carbocycles. The third-order valence-corrected chi connectivity index (χ3v) is 2.80. The minimum Gasteiger partial charge on any atom is -0.397 e. The molecule has 2 aromatic rings. The Balaban J connectivity index is 2.39. The van der Waals surface area contributed by atoms with Crippen LogP contribution in [0.1, 0.15) is 18.6 Å². The van der Waals surface area contributed by atoms with E-state index >= 15 is 0 Å². The molecule has 1 aromatic carbocycles. The van der Waals surface area contributed by atoms with Crippen molar-refractivity contribution in [3.8, 4) is 11.1 Å². The summed E-state index contributed by atoms with van der Waals surface area (Å²) in [4.78, 5) is 4.10. The lowest BCUT2D eigenvalue weighted by Crippen LogP contribution is -1.96. The number of anilines is 1. The molecule has 17 heavy (non-hydrogen) atoms. The van der Waals surface area contributed by atoms with Crippen LogP contribution in [0.5, 0.6) is 0 Å². The average Bonchev–Trinajstić information content (AvgIpc) is 2.38. The maximum Gasteiger partial charge on any atom is 0.0793 e. The summed E-state index contributed by atoms with van der Waals surface area (Å²) in [6.45, 7) is 2.02. The molecule has 0 bridgehead atoms. The molecule has 1 heterocycles. The molecule has 1 aromatic heterocycles. The highest BCUT2D eigenvalue weighted by Gasteiger charge is 2.05. The minimum absolute atomic E-state index is 0.0870. The number of nitrogens with two attached hydrogens (primary N) is 1. The van der Waals surface area contributed by atoms with Gasteiger partial charge in [-0.2, -0.15) is 0 Å². The van der Waals surface area contributed by atoms with Crippen molar-refractivity contribution in [1.29, 1.82) is 0 Å². The van der Waals surface area contributed by atoms with Crippen molar-refractivity contribution in [2.45, 2.75) is 13.0 Å². The number of aromatic nitrogens is 1. The van der Waals surface area contributed by atoms with Gasteiger partial charge in [0.15, 0.2) is 0 Å². The van der Waals surface area contributed by atoms with Crippen molar-refractivity contribution in [1.82, 2.24) is 4.98 Å². The van der Waals surface area contributed by atoms with Crippen LogP contribution in [-0.2, 0) is 4.74 Å². The SMILES string of the molecule is CO[C@@H](C)c1cccc(-c2cncc(N)c2)c1. The number of hydrogen-bond acceptors (Lipinski definition) is 3. The molecular weight excluding hydrogens is 212 g/mol. The van der Waals surface area contributed by atoms with Crippen molar-refractivity contribution < 1.29 is 4.74 Å². The van der Waals surface area contributed by atoms with Crippen LogP contribution in [0.2, 0.25) is 0 Å². The number of nitrogens with zero attached hydrogens (tertiary/aromatic N) is 1. The second-order valence-corrected chi connectivity index (χ2v) is 4.01. The number of ether oxygens (including phenoxy) is 1. The van der Waals surface area contributed by atoms with Gasteiger partial charge in [-0.15, -0.1) is 0 Å². The summed E-state index contributed by atoms with van der Waals surface area (Å²) in [6.07, 6.45) is 3.54. The predicted octanol–water partition coefficient (Wildman–Crippen LogP) is 3.04. The van der Waals surface area contributed by atoms with Gasteiger partial charge in [0.1, 0.15) is 0 Å². The highest BCUT2D eigenvalue weighted by Crippen LogP contribution is 2.24. The number of rotatable bonds is 3. The molecule has 0 aliphatic heterocycles. The van der Waals surface area contributed by atoms with Gasteiger partial charge in [-0.05, 0) is 30.2 Å². The van der Waals surface area contributed by atoms with E-state index in [0.717, 1.165) is 16.7 Å². The number of hydrogen-bond donors (Lipinski definition) is 1. The van der Waals surface area contributed by atoms with E-state index in [1.165, 1.54) is 0 Å². The van der Waals surface area contributed by atoms with Crippen LogP contribution < -0.4 is 5.73 Å². The molecule has 0 saturated heterocycles. The van der Waals surface area contributed by atoms with Crippen LogP contribution in [0.15, 0.2) is 42.7 Å². The summed E-state index contributed by atoms with van der Waals surface area (Å²) in [6, 6.07) is 10.1. The molecule has 0 saturated carbocycles. The second-order valence-electron chi connectivity index (χ2n) is 4.01. The van der Waals surface area contributed by atoms with Gasteiger partial charge in [-0.25, -0.2) is 0 Å². The number of pyridine rings is 1. The highest BCUT2D eigenvalue weighted by atomic mass is 16.5. The number of methoxy groups -OCH3 is 1. The second kappa shape index (κ2) is 4.97. The molecule has 0 aliphatic rings. The fourth-order valence-corrected chi connectivity index (χ4v) is 1.72. The van der Waals surface area contributed by atoms with E-state index in [9.17, 15) is 0 Å². The maximum atomic E-state index is 5.73. The number of benzene rings is 1. The van der Waals surface area contributed by atoms with Crippen molar-refractivity contribution in [2.24, 2.45) is 0 Å². The van der Waals surface area contributed by atoms with Crippen LogP contribution >= 0.6 is 0 Å². The molecule has 88 valence electrons. The van der Waals surface area contributed by atoms with Gasteiger partial charge in [-0.3, -0.25) is 4.98 Å². The first-order chi connectivity index (χ1) is 8.20. The molecule has 0 amide bonds. The summed E-state index contributed by atoms with van der Waals surface area (Å²) >= 11 is 0. The first-order valence-corrected chi connectivity index (χ1v) is 5.54. The van der Waals surface area contributed by atoms with Crippen LogP contribution in [0.3, 0.4) is 0 Å². The maximum absolute atomic E-state index is 5.73. The van der Waals surface area contributed by atoms with Crippen LogP contribution in [0.4, 0.5) is 5.69 Å². The monoisotopic (exact) mass is 228 g/mol. The van der Waals surface area contributed by atoms with Gasteiger partial charge in [0.2, 0.25) is 0 Å². The smallest absolute Gasteiger partial charge is 0.0793 e. The normalized spacial score (nSPS) is 12.4. The first kappa shape index (κ1) is 11.6. The Morgan fingerprint density at radius 2 is 2.00 bits per heavy atom. The highest BCUT2D eigenvalue weighted by molar-refractivity contribution is 5.66. The Kier molecular flexibility index (Phi) is 3.40. The van der Waals surface area contributed by atoms with E-state index in [2.05, 4.69) is 17.1 Å². The molecule has 2 rings (SSSR count). The minimum atomic E-state index is 0.0870. The van der Waals surface area contributed by atoms with Crippen LogP contribution in [0.25, 0.3) is 11.1 Å². The summed E-state index contributed by atoms with van der Waals surface area (Å²) in [5.41, 5.74) is 9.68.